The predicted octanol–water partition coefficient (Wildman–Crippen LogP) is 2.79. The summed E-state index contributed by atoms with van der Waals surface area (Å²) >= 11 is 0. The van der Waals surface area contributed by atoms with Crippen molar-refractivity contribution in [3.05, 3.63) is 65.5 Å². The SMILES string of the molecule is C[C@@H](C(=O)N[C@H]1CCc2ccccc21)S(=O)(=O)c1ccc(F)cc1. The number of fused-ring (bicyclic) bond motifs is 1. The van der Waals surface area contributed by atoms with Crippen LogP contribution in [-0.2, 0) is 21.1 Å². The Morgan fingerprint density at radius 1 is 1.17 bits per heavy atom. The van der Waals surface area contributed by atoms with Crippen LogP contribution in [0.3, 0.4) is 0 Å². The Morgan fingerprint density at radius 3 is 2.54 bits per heavy atom. The lowest BCUT2D eigenvalue weighted by Crippen LogP contribution is -2.39. The van der Waals surface area contributed by atoms with Crippen molar-refractivity contribution in [1.29, 1.82) is 0 Å². The van der Waals surface area contributed by atoms with Crippen LogP contribution in [-0.4, -0.2) is 19.6 Å². The van der Waals surface area contributed by atoms with Gasteiger partial charge in [0.25, 0.3) is 0 Å². The molecule has 1 amide bonds. The number of benzene rings is 2. The first kappa shape index (κ1) is 16.6. The van der Waals surface area contributed by atoms with Crippen LogP contribution < -0.4 is 5.32 Å². The van der Waals surface area contributed by atoms with Crippen LogP contribution in [0.5, 0.6) is 0 Å². The zero-order valence-electron chi connectivity index (χ0n) is 13.2. The minimum atomic E-state index is -3.85. The maximum absolute atomic E-state index is 13.0. The molecule has 0 heterocycles. The molecule has 2 aromatic rings. The van der Waals surface area contributed by atoms with Gasteiger partial charge in [0.2, 0.25) is 5.91 Å². The molecule has 0 saturated carbocycles. The summed E-state index contributed by atoms with van der Waals surface area (Å²) in [6.07, 6.45) is 1.62. The minimum Gasteiger partial charge on any atom is -0.348 e. The van der Waals surface area contributed by atoms with Crippen molar-refractivity contribution in [2.45, 2.75) is 36.0 Å². The van der Waals surface area contributed by atoms with Crippen molar-refractivity contribution in [3.8, 4) is 0 Å². The Kier molecular flexibility index (Phi) is 4.41. The second kappa shape index (κ2) is 6.36. The summed E-state index contributed by atoms with van der Waals surface area (Å²) in [7, 11) is -3.85. The smallest absolute Gasteiger partial charge is 0.238 e. The van der Waals surface area contributed by atoms with Crippen molar-refractivity contribution >= 4 is 15.7 Å². The molecule has 0 spiro atoms. The molecule has 2 atom stereocenters. The number of hydrogen-bond donors (Lipinski definition) is 1. The molecule has 0 fully saturated rings. The number of carbonyl (C=O) groups excluding carboxylic acids is 1. The Balaban J connectivity index is 1.77. The lowest BCUT2D eigenvalue weighted by molar-refractivity contribution is -0.121. The Labute approximate surface area is 140 Å². The maximum Gasteiger partial charge on any atom is 0.238 e. The molecule has 1 aliphatic carbocycles. The van der Waals surface area contributed by atoms with E-state index in [4.69, 9.17) is 0 Å². The molecule has 4 nitrogen and oxygen atoms in total. The van der Waals surface area contributed by atoms with Crippen LogP contribution in [0.25, 0.3) is 0 Å². The van der Waals surface area contributed by atoms with Crippen LogP contribution >= 0.6 is 0 Å². The fraction of sp³-hybridized carbons (Fsp3) is 0.278. The maximum atomic E-state index is 13.0. The van der Waals surface area contributed by atoms with Gasteiger partial charge in [-0.3, -0.25) is 4.79 Å². The molecule has 0 aliphatic heterocycles. The first-order valence-corrected chi connectivity index (χ1v) is 9.32. The fourth-order valence-electron chi connectivity index (χ4n) is 2.97. The second-order valence-corrected chi connectivity index (χ2v) is 8.21. The standard InChI is InChI=1S/C18H18FNO3S/c1-12(24(22,23)15-9-7-14(19)8-10-15)18(21)20-17-11-6-13-4-2-3-5-16(13)17/h2-5,7-10,12,17H,6,11H2,1H3,(H,20,21)/t12-,17-/m0/s1. The zero-order valence-corrected chi connectivity index (χ0v) is 14.0. The summed E-state index contributed by atoms with van der Waals surface area (Å²) in [5.74, 6) is -1.06. The largest absolute Gasteiger partial charge is 0.348 e. The van der Waals surface area contributed by atoms with Gasteiger partial charge in [-0.2, -0.15) is 0 Å². The van der Waals surface area contributed by atoms with Crippen LogP contribution in [0.1, 0.15) is 30.5 Å². The summed E-state index contributed by atoms with van der Waals surface area (Å²) in [6, 6.07) is 12.2. The van der Waals surface area contributed by atoms with Gasteiger partial charge in [0, 0.05) is 0 Å². The average Bonchev–Trinajstić information content (AvgIpc) is 2.97. The highest BCUT2D eigenvalue weighted by Gasteiger charge is 2.32. The summed E-state index contributed by atoms with van der Waals surface area (Å²) < 4.78 is 38.0. The van der Waals surface area contributed by atoms with E-state index < -0.39 is 26.8 Å². The van der Waals surface area contributed by atoms with Crippen LogP contribution in [0.4, 0.5) is 4.39 Å². The Morgan fingerprint density at radius 2 is 1.83 bits per heavy atom. The summed E-state index contributed by atoms with van der Waals surface area (Å²) in [5.41, 5.74) is 2.22. The Hall–Kier alpha value is -2.21. The van der Waals surface area contributed by atoms with Gasteiger partial charge in [-0.25, -0.2) is 12.8 Å². The fourth-order valence-corrected chi connectivity index (χ4v) is 4.24. The van der Waals surface area contributed by atoms with Crippen LogP contribution in [0.15, 0.2) is 53.4 Å². The molecule has 1 N–H and O–H groups in total. The van der Waals surface area contributed by atoms with Crippen molar-refractivity contribution in [2.75, 3.05) is 0 Å². The van der Waals surface area contributed by atoms with Crippen molar-refractivity contribution in [2.24, 2.45) is 0 Å². The minimum absolute atomic E-state index is 0.0571. The topological polar surface area (TPSA) is 63.2 Å². The normalized spacial score (nSPS) is 18.0. The van der Waals surface area contributed by atoms with Gasteiger partial charge in [-0.1, -0.05) is 24.3 Å². The number of nitrogens with one attached hydrogen (secondary N) is 1. The molecular weight excluding hydrogens is 329 g/mol. The van der Waals surface area contributed by atoms with Gasteiger partial charge in [0.15, 0.2) is 9.84 Å². The molecular formula is C18H18FNO3S. The van der Waals surface area contributed by atoms with Crippen molar-refractivity contribution in [3.63, 3.8) is 0 Å². The van der Waals surface area contributed by atoms with Gasteiger partial charge in [0.1, 0.15) is 11.1 Å². The molecule has 126 valence electrons. The molecule has 0 saturated heterocycles. The average molecular weight is 347 g/mol. The highest BCUT2D eigenvalue weighted by atomic mass is 32.2. The van der Waals surface area contributed by atoms with Gasteiger partial charge < -0.3 is 5.32 Å². The number of carbonyl (C=O) groups is 1. The first-order valence-electron chi connectivity index (χ1n) is 7.77. The van der Waals surface area contributed by atoms with E-state index in [-0.39, 0.29) is 10.9 Å². The summed E-state index contributed by atoms with van der Waals surface area (Å²) in [5, 5.41) is 1.59. The molecule has 0 radical (unpaired) electrons. The molecule has 0 aromatic heterocycles. The van der Waals surface area contributed by atoms with Gasteiger partial charge in [0.05, 0.1) is 10.9 Å². The highest BCUT2D eigenvalue weighted by molar-refractivity contribution is 7.92. The third-order valence-corrected chi connectivity index (χ3v) is 6.50. The van der Waals surface area contributed by atoms with E-state index in [0.29, 0.717) is 0 Å². The van der Waals surface area contributed by atoms with E-state index in [1.807, 2.05) is 24.3 Å². The predicted molar refractivity (Wildman–Crippen MR) is 88.7 cm³/mol. The zero-order chi connectivity index (χ0) is 17.3. The highest BCUT2D eigenvalue weighted by Crippen LogP contribution is 2.31. The first-order chi connectivity index (χ1) is 11.4. The number of amides is 1. The number of sulfone groups is 1. The van der Waals surface area contributed by atoms with Gasteiger partial charge >= 0.3 is 0 Å². The Bertz CT molecular complexity index is 862. The number of halogens is 1. The number of rotatable bonds is 4. The van der Waals surface area contributed by atoms with Crippen LogP contribution in [0.2, 0.25) is 0 Å². The molecule has 6 heteroatoms. The van der Waals surface area contributed by atoms with E-state index in [2.05, 4.69) is 5.32 Å². The molecule has 0 unspecified atom stereocenters. The number of hydrogen-bond acceptors (Lipinski definition) is 3. The lowest BCUT2D eigenvalue weighted by atomic mass is 10.1. The summed E-state index contributed by atoms with van der Waals surface area (Å²) in [4.78, 5) is 12.4. The third kappa shape index (κ3) is 3.06. The molecule has 24 heavy (non-hydrogen) atoms. The van der Waals surface area contributed by atoms with E-state index in [0.717, 1.165) is 30.5 Å². The van der Waals surface area contributed by atoms with Gasteiger partial charge in [-0.05, 0) is 55.2 Å². The molecule has 2 aromatic carbocycles. The van der Waals surface area contributed by atoms with E-state index >= 15 is 0 Å². The number of aryl methyl sites for hydroxylation is 1. The molecule has 3 rings (SSSR count). The second-order valence-electron chi connectivity index (χ2n) is 5.94. The van der Waals surface area contributed by atoms with E-state index in [9.17, 15) is 17.6 Å². The van der Waals surface area contributed by atoms with E-state index in [1.54, 1.807) is 0 Å². The van der Waals surface area contributed by atoms with E-state index in [1.165, 1.54) is 24.6 Å². The summed E-state index contributed by atoms with van der Waals surface area (Å²) in [6.45, 7) is 1.36. The van der Waals surface area contributed by atoms with Crippen molar-refractivity contribution in [1.82, 2.24) is 5.32 Å². The third-order valence-electron chi connectivity index (χ3n) is 4.43. The monoisotopic (exact) mass is 347 g/mol. The molecule has 1 aliphatic rings. The van der Waals surface area contributed by atoms with Crippen molar-refractivity contribution < 1.29 is 17.6 Å². The van der Waals surface area contributed by atoms with Crippen LogP contribution in [0, 0.1) is 5.82 Å². The molecule has 0 bridgehead atoms. The quantitative estimate of drug-likeness (QED) is 0.865. The van der Waals surface area contributed by atoms with Gasteiger partial charge in [-0.15, -0.1) is 0 Å². The lowest BCUT2D eigenvalue weighted by Gasteiger charge is -2.18.